The summed E-state index contributed by atoms with van der Waals surface area (Å²) in [6.07, 6.45) is -2.75. The Kier molecular flexibility index (Phi) is 6.96. The van der Waals surface area contributed by atoms with Gasteiger partial charge >= 0.3 is 12.1 Å². The average molecular weight is 353 g/mol. The SMILES string of the molecule is Cc1cc(C(O)C(O)CCNC(=O)OC(C)(C)C)cc(C)c1C(=O)O. The Morgan fingerprint density at radius 2 is 1.68 bits per heavy atom. The molecule has 0 saturated carbocycles. The third kappa shape index (κ3) is 6.36. The van der Waals surface area contributed by atoms with E-state index >= 15 is 0 Å². The maximum atomic E-state index is 11.5. The molecule has 1 aromatic carbocycles. The lowest BCUT2D eigenvalue weighted by atomic mass is 9.94. The highest BCUT2D eigenvalue weighted by molar-refractivity contribution is 5.91. The van der Waals surface area contributed by atoms with Crippen molar-refractivity contribution >= 4 is 12.1 Å². The summed E-state index contributed by atoms with van der Waals surface area (Å²) in [5, 5.41) is 32.1. The lowest BCUT2D eigenvalue weighted by Gasteiger charge is -2.22. The molecule has 1 aromatic rings. The van der Waals surface area contributed by atoms with Gasteiger partial charge < -0.3 is 25.4 Å². The highest BCUT2D eigenvalue weighted by Gasteiger charge is 2.22. The predicted octanol–water partition coefficient (Wildman–Crippen LogP) is 2.31. The summed E-state index contributed by atoms with van der Waals surface area (Å²) < 4.78 is 5.08. The molecule has 0 bridgehead atoms. The Bertz CT molecular complexity index is 612. The van der Waals surface area contributed by atoms with Gasteiger partial charge in [0.2, 0.25) is 0 Å². The van der Waals surface area contributed by atoms with Crippen LogP contribution in [0.2, 0.25) is 0 Å². The first kappa shape index (κ1) is 20.9. The number of carbonyl (C=O) groups excluding carboxylic acids is 1. The molecule has 7 nitrogen and oxygen atoms in total. The summed E-state index contributed by atoms with van der Waals surface area (Å²) in [7, 11) is 0. The van der Waals surface area contributed by atoms with Gasteiger partial charge in [0.1, 0.15) is 11.7 Å². The number of aromatic carboxylic acids is 1. The van der Waals surface area contributed by atoms with Crippen LogP contribution < -0.4 is 5.32 Å². The molecule has 2 atom stereocenters. The number of ether oxygens (including phenoxy) is 1. The van der Waals surface area contributed by atoms with Gasteiger partial charge in [0.05, 0.1) is 11.7 Å². The van der Waals surface area contributed by atoms with E-state index in [0.29, 0.717) is 16.7 Å². The zero-order valence-corrected chi connectivity index (χ0v) is 15.3. The van der Waals surface area contributed by atoms with Crippen LogP contribution >= 0.6 is 0 Å². The molecule has 0 aromatic heterocycles. The van der Waals surface area contributed by atoms with Crippen LogP contribution in [0.5, 0.6) is 0 Å². The van der Waals surface area contributed by atoms with Crippen molar-refractivity contribution in [3.63, 3.8) is 0 Å². The van der Waals surface area contributed by atoms with Crippen molar-refractivity contribution in [2.75, 3.05) is 6.54 Å². The number of benzene rings is 1. The van der Waals surface area contributed by atoms with E-state index < -0.39 is 29.9 Å². The van der Waals surface area contributed by atoms with Crippen molar-refractivity contribution in [2.45, 2.75) is 58.8 Å². The standard InChI is InChI=1S/C18H27NO6/c1-10-8-12(9-11(2)14(10)16(22)23)15(21)13(20)6-7-19-17(24)25-18(3,4)5/h8-9,13,15,20-21H,6-7H2,1-5H3,(H,19,24)(H,22,23). The van der Waals surface area contributed by atoms with Gasteiger partial charge in [-0.25, -0.2) is 9.59 Å². The van der Waals surface area contributed by atoms with Crippen molar-refractivity contribution in [1.82, 2.24) is 5.32 Å². The van der Waals surface area contributed by atoms with Gasteiger partial charge in [0, 0.05) is 6.54 Å². The summed E-state index contributed by atoms with van der Waals surface area (Å²) in [6.45, 7) is 8.66. The molecule has 1 amide bonds. The number of hydrogen-bond donors (Lipinski definition) is 4. The lowest BCUT2D eigenvalue weighted by molar-refractivity contribution is 0.0122. The minimum absolute atomic E-state index is 0.124. The van der Waals surface area contributed by atoms with E-state index in [-0.39, 0.29) is 18.5 Å². The molecule has 0 heterocycles. The third-order valence-corrected chi connectivity index (χ3v) is 3.58. The average Bonchev–Trinajstić information content (AvgIpc) is 2.42. The zero-order chi connectivity index (χ0) is 19.4. The van der Waals surface area contributed by atoms with Gasteiger partial charge in [-0.05, 0) is 57.7 Å². The monoisotopic (exact) mass is 353 g/mol. The lowest BCUT2D eigenvalue weighted by Crippen LogP contribution is -2.34. The molecular weight excluding hydrogens is 326 g/mol. The molecule has 0 radical (unpaired) electrons. The van der Waals surface area contributed by atoms with E-state index in [1.807, 2.05) is 0 Å². The fourth-order valence-corrected chi connectivity index (χ4v) is 2.52. The molecule has 0 aliphatic carbocycles. The zero-order valence-electron chi connectivity index (χ0n) is 15.3. The van der Waals surface area contributed by atoms with Gasteiger partial charge in [-0.2, -0.15) is 0 Å². The van der Waals surface area contributed by atoms with Crippen LogP contribution in [0.15, 0.2) is 12.1 Å². The third-order valence-electron chi connectivity index (χ3n) is 3.58. The number of rotatable bonds is 6. The molecular formula is C18H27NO6. The first-order valence-electron chi connectivity index (χ1n) is 8.10. The second-order valence-corrected chi connectivity index (χ2v) is 7.06. The second-order valence-electron chi connectivity index (χ2n) is 7.06. The van der Waals surface area contributed by atoms with Crippen LogP contribution in [0.25, 0.3) is 0 Å². The van der Waals surface area contributed by atoms with Crippen LogP contribution in [0, 0.1) is 13.8 Å². The highest BCUT2D eigenvalue weighted by atomic mass is 16.6. The Hall–Kier alpha value is -2.12. The minimum Gasteiger partial charge on any atom is -0.478 e. The molecule has 2 unspecified atom stereocenters. The van der Waals surface area contributed by atoms with Gasteiger partial charge in [0.25, 0.3) is 0 Å². The van der Waals surface area contributed by atoms with Crippen molar-refractivity contribution in [3.8, 4) is 0 Å². The first-order valence-corrected chi connectivity index (χ1v) is 8.10. The van der Waals surface area contributed by atoms with Crippen molar-refractivity contribution in [3.05, 3.63) is 34.4 Å². The summed E-state index contributed by atoms with van der Waals surface area (Å²) in [5.74, 6) is -1.03. The Morgan fingerprint density at radius 1 is 1.16 bits per heavy atom. The van der Waals surface area contributed by atoms with E-state index in [1.165, 1.54) is 0 Å². The molecule has 4 N–H and O–H groups in total. The Labute approximate surface area is 147 Å². The molecule has 0 aliphatic heterocycles. The van der Waals surface area contributed by atoms with Gasteiger partial charge in [-0.1, -0.05) is 12.1 Å². The van der Waals surface area contributed by atoms with Gasteiger partial charge in [-0.3, -0.25) is 0 Å². The topological polar surface area (TPSA) is 116 Å². The summed E-state index contributed by atoms with van der Waals surface area (Å²) in [4.78, 5) is 22.7. The maximum Gasteiger partial charge on any atom is 0.407 e. The van der Waals surface area contributed by atoms with E-state index in [4.69, 9.17) is 9.84 Å². The number of aliphatic hydroxyl groups is 2. The molecule has 0 spiro atoms. The Morgan fingerprint density at radius 3 is 2.12 bits per heavy atom. The highest BCUT2D eigenvalue weighted by Crippen LogP contribution is 2.24. The van der Waals surface area contributed by atoms with Crippen LogP contribution in [0.4, 0.5) is 4.79 Å². The molecule has 25 heavy (non-hydrogen) atoms. The number of carbonyl (C=O) groups is 2. The fraction of sp³-hybridized carbons (Fsp3) is 0.556. The number of nitrogens with one attached hydrogen (secondary N) is 1. The number of hydrogen-bond acceptors (Lipinski definition) is 5. The molecule has 0 aliphatic rings. The summed E-state index contributed by atoms with van der Waals surface area (Å²) >= 11 is 0. The molecule has 0 saturated heterocycles. The largest absolute Gasteiger partial charge is 0.478 e. The molecule has 140 valence electrons. The number of carboxylic acids is 1. The number of carboxylic acid groups (broad SMARTS) is 1. The van der Waals surface area contributed by atoms with E-state index in [1.54, 1.807) is 46.8 Å². The van der Waals surface area contributed by atoms with Crippen LogP contribution in [0.3, 0.4) is 0 Å². The number of amides is 1. The van der Waals surface area contributed by atoms with Crippen LogP contribution in [-0.2, 0) is 4.74 Å². The van der Waals surface area contributed by atoms with Gasteiger partial charge in [0.15, 0.2) is 0 Å². The minimum atomic E-state index is -1.18. The van der Waals surface area contributed by atoms with Crippen molar-refractivity contribution in [1.29, 1.82) is 0 Å². The smallest absolute Gasteiger partial charge is 0.407 e. The number of alkyl carbamates (subject to hydrolysis) is 1. The number of aliphatic hydroxyl groups excluding tert-OH is 2. The quantitative estimate of drug-likeness (QED) is 0.624. The second kappa shape index (κ2) is 8.31. The van der Waals surface area contributed by atoms with Crippen molar-refractivity contribution in [2.24, 2.45) is 0 Å². The fourth-order valence-electron chi connectivity index (χ4n) is 2.52. The van der Waals surface area contributed by atoms with Crippen LogP contribution in [0.1, 0.15) is 60.3 Å². The van der Waals surface area contributed by atoms with E-state index in [9.17, 15) is 19.8 Å². The Balaban J connectivity index is 2.66. The van der Waals surface area contributed by atoms with Crippen molar-refractivity contribution < 1.29 is 29.6 Å². The van der Waals surface area contributed by atoms with E-state index in [0.717, 1.165) is 0 Å². The predicted molar refractivity (Wildman–Crippen MR) is 92.7 cm³/mol. The summed E-state index contributed by atoms with van der Waals surface area (Å²) in [6, 6.07) is 3.09. The number of aryl methyl sites for hydroxylation is 2. The normalized spacial score (nSPS) is 13.9. The molecule has 0 fully saturated rings. The maximum absolute atomic E-state index is 11.5. The van der Waals surface area contributed by atoms with Gasteiger partial charge in [-0.15, -0.1) is 0 Å². The summed E-state index contributed by atoms with van der Waals surface area (Å²) in [5.41, 5.74) is 1.05. The van der Waals surface area contributed by atoms with Crippen LogP contribution in [-0.4, -0.2) is 45.6 Å². The molecule has 7 heteroatoms. The van der Waals surface area contributed by atoms with E-state index in [2.05, 4.69) is 5.32 Å². The molecule has 1 rings (SSSR count). The first-order chi connectivity index (χ1) is 11.4.